The molecule has 5 rings (SSSR count). The molecule has 168 valence electrons. The first-order chi connectivity index (χ1) is 15.6. The van der Waals surface area contributed by atoms with Crippen LogP contribution in [0.1, 0.15) is 58.6 Å². The number of hydrogen-bond donors (Lipinski definition) is 3. The zero-order chi connectivity index (χ0) is 22.1. The molecule has 6 nitrogen and oxygen atoms in total. The van der Waals surface area contributed by atoms with Gasteiger partial charge in [0, 0.05) is 36.6 Å². The van der Waals surface area contributed by atoms with Crippen molar-refractivity contribution in [1.29, 1.82) is 0 Å². The Kier molecular flexibility index (Phi) is 5.89. The van der Waals surface area contributed by atoms with Crippen molar-refractivity contribution in [3.8, 4) is 5.75 Å². The number of H-pyrrole nitrogens is 1. The van der Waals surface area contributed by atoms with Gasteiger partial charge >= 0.3 is 5.97 Å². The number of aromatic amines is 1. The largest absolute Gasteiger partial charge is 0.493 e. The first kappa shape index (κ1) is 21.0. The molecule has 2 aliphatic heterocycles. The Hall–Kier alpha value is -2.83. The molecule has 2 atom stereocenters. The second-order valence-electron chi connectivity index (χ2n) is 9.04. The minimum atomic E-state index is -0.898. The fourth-order valence-electron chi connectivity index (χ4n) is 5.16. The van der Waals surface area contributed by atoms with Crippen LogP contribution in [0, 0.1) is 0 Å². The van der Waals surface area contributed by atoms with Crippen LogP contribution in [-0.2, 0) is 12.8 Å². The second kappa shape index (κ2) is 8.96. The first-order valence-corrected chi connectivity index (χ1v) is 11.6. The minimum absolute atomic E-state index is 0.320. The highest BCUT2D eigenvalue weighted by atomic mass is 16.5. The van der Waals surface area contributed by atoms with Crippen LogP contribution in [0.4, 0.5) is 0 Å². The summed E-state index contributed by atoms with van der Waals surface area (Å²) in [5.41, 5.74) is 5.07. The monoisotopic (exact) mass is 434 g/mol. The number of aryl methyl sites for hydroxylation is 1. The van der Waals surface area contributed by atoms with E-state index >= 15 is 0 Å². The summed E-state index contributed by atoms with van der Waals surface area (Å²) in [6.45, 7) is 2.57. The summed E-state index contributed by atoms with van der Waals surface area (Å²) in [6, 6.07) is 11.7. The summed E-state index contributed by atoms with van der Waals surface area (Å²) in [4.78, 5) is 16.7. The van der Waals surface area contributed by atoms with Gasteiger partial charge in [-0.2, -0.15) is 0 Å². The van der Waals surface area contributed by atoms with Crippen molar-refractivity contribution in [2.75, 3.05) is 19.7 Å². The number of piperidine rings is 1. The van der Waals surface area contributed by atoms with E-state index in [9.17, 15) is 15.0 Å². The fraction of sp³-hybridized carbons (Fsp3) is 0.423. The molecule has 1 aromatic heterocycles. The molecule has 2 aromatic carbocycles. The number of nitrogens with zero attached hydrogens (tertiary/aromatic N) is 1. The maximum absolute atomic E-state index is 11.3. The predicted octanol–water partition coefficient (Wildman–Crippen LogP) is 4.32. The summed E-state index contributed by atoms with van der Waals surface area (Å²) in [7, 11) is 0. The standard InChI is InChI=1S/C26H30N2O4/c29-25-15-18(17-5-7-24-19(13-17)9-12-32-24)8-11-28(25)10-2-1-3-21-16-27-23-6-4-20(26(30)31)14-22(21)23/h4-7,13-14,16,18,25,27,29H,1-3,8-12,15H2,(H,30,31). The lowest BCUT2D eigenvalue weighted by atomic mass is 9.87. The Morgan fingerprint density at radius 2 is 2.09 bits per heavy atom. The van der Waals surface area contributed by atoms with Crippen molar-refractivity contribution in [3.05, 3.63) is 64.8 Å². The number of benzene rings is 2. The third-order valence-corrected chi connectivity index (χ3v) is 7.02. The van der Waals surface area contributed by atoms with E-state index in [0.717, 1.165) is 80.4 Å². The minimum Gasteiger partial charge on any atom is -0.493 e. The number of carboxylic acid groups (broad SMARTS) is 1. The van der Waals surface area contributed by atoms with E-state index in [1.165, 1.54) is 11.1 Å². The number of likely N-dealkylation sites (tertiary alicyclic amines) is 1. The van der Waals surface area contributed by atoms with E-state index in [2.05, 4.69) is 28.1 Å². The Balaban J connectivity index is 1.12. The number of carboxylic acids is 1. The van der Waals surface area contributed by atoms with E-state index in [4.69, 9.17) is 4.74 Å². The SMILES string of the molecule is O=C(O)c1ccc2[nH]cc(CCCCN3CCC(c4ccc5c(c4)CCO5)CC3O)c2c1. The molecule has 3 N–H and O–H groups in total. The van der Waals surface area contributed by atoms with Gasteiger partial charge in [-0.15, -0.1) is 0 Å². The zero-order valence-electron chi connectivity index (χ0n) is 18.2. The van der Waals surface area contributed by atoms with Crippen molar-refractivity contribution in [2.24, 2.45) is 0 Å². The van der Waals surface area contributed by atoms with E-state index in [1.54, 1.807) is 12.1 Å². The van der Waals surface area contributed by atoms with Crippen LogP contribution in [-0.4, -0.2) is 52.0 Å². The molecule has 2 unspecified atom stereocenters. The molecule has 1 saturated heterocycles. The van der Waals surface area contributed by atoms with Gasteiger partial charge in [-0.3, -0.25) is 4.90 Å². The average molecular weight is 435 g/mol. The molecule has 32 heavy (non-hydrogen) atoms. The van der Waals surface area contributed by atoms with Gasteiger partial charge in [0.2, 0.25) is 0 Å². The topological polar surface area (TPSA) is 85.8 Å². The highest BCUT2D eigenvalue weighted by Crippen LogP contribution is 2.35. The number of carbonyl (C=O) groups is 1. The van der Waals surface area contributed by atoms with Crippen LogP contribution in [0.3, 0.4) is 0 Å². The maximum atomic E-state index is 11.3. The number of aliphatic hydroxyl groups excluding tert-OH is 1. The van der Waals surface area contributed by atoms with Gasteiger partial charge in [0.15, 0.2) is 0 Å². The number of nitrogens with one attached hydrogen (secondary N) is 1. The number of aliphatic hydroxyl groups is 1. The summed E-state index contributed by atoms with van der Waals surface area (Å²) < 4.78 is 5.61. The molecular weight excluding hydrogens is 404 g/mol. The van der Waals surface area contributed by atoms with E-state index < -0.39 is 12.2 Å². The molecule has 3 aromatic rings. The number of rotatable bonds is 7. The Labute approximate surface area is 187 Å². The molecule has 1 fully saturated rings. The van der Waals surface area contributed by atoms with Gasteiger partial charge in [0.25, 0.3) is 0 Å². The maximum Gasteiger partial charge on any atom is 0.335 e. The summed E-state index contributed by atoms with van der Waals surface area (Å²) in [5.74, 6) is 0.521. The molecule has 0 aliphatic carbocycles. The Bertz CT molecular complexity index is 1120. The van der Waals surface area contributed by atoms with Crippen molar-refractivity contribution in [2.45, 2.75) is 50.7 Å². The molecular formula is C26H30N2O4. The second-order valence-corrected chi connectivity index (χ2v) is 9.04. The molecule has 0 bridgehead atoms. The van der Waals surface area contributed by atoms with Crippen LogP contribution in [0.15, 0.2) is 42.6 Å². The number of aromatic carboxylic acids is 1. The molecule has 2 aliphatic rings. The molecule has 3 heterocycles. The predicted molar refractivity (Wildman–Crippen MR) is 123 cm³/mol. The number of unbranched alkanes of at least 4 members (excludes halogenated alkanes) is 1. The van der Waals surface area contributed by atoms with Crippen LogP contribution in [0.25, 0.3) is 10.9 Å². The molecule has 6 heteroatoms. The van der Waals surface area contributed by atoms with Crippen molar-refractivity contribution < 1.29 is 19.7 Å². The van der Waals surface area contributed by atoms with Crippen LogP contribution in [0.5, 0.6) is 5.75 Å². The smallest absolute Gasteiger partial charge is 0.335 e. The lowest BCUT2D eigenvalue weighted by Gasteiger charge is -2.36. The number of hydrogen-bond acceptors (Lipinski definition) is 4. The number of aromatic nitrogens is 1. The highest BCUT2D eigenvalue weighted by molar-refractivity contribution is 5.94. The zero-order valence-corrected chi connectivity index (χ0v) is 18.2. The van der Waals surface area contributed by atoms with Gasteiger partial charge in [-0.25, -0.2) is 4.79 Å². The normalized spacial score (nSPS) is 20.9. The Morgan fingerprint density at radius 3 is 2.94 bits per heavy atom. The first-order valence-electron chi connectivity index (χ1n) is 11.6. The van der Waals surface area contributed by atoms with Crippen LogP contribution in [0.2, 0.25) is 0 Å². The Morgan fingerprint density at radius 1 is 1.19 bits per heavy atom. The van der Waals surface area contributed by atoms with Gasteiger partial charge < -0.3 is 19.9 Å². The fourth-order valence-corrected chi connectivity index (χ4v) is 5.16. The van der Waals surface area contributed by atoms with Gasteiger partial charge in [-0.1, -0.05) is 12.1 Å². The lowest BCUT2D eigenvalue weighted by molar-refractivity contribution is -0.0313. The molecule has 0 radical (unpaired) electrons. The number of ether oxygens (including phenoxy) is 1. The lowest BCUT2D eigenvalue weighted by Crippen LogP contribution is -2.42. The van der Waals surface area contributed by atoms with E-state index in [0.29, 0.717) is 11.5 Å². The molecule has 0 saturated carbocycles. The molecule has 0 amide bonds. The highest BCUT2D eigenvalue weighted by Gasteiger charge is 2.28. The van der Waals surface area contributed by atoms with E-state index in [-0.39, 0.29) is 0 Å². The van der Waals surface area contributed by atoms with Crippen molar-refractivity contribution in [1.82, 2.24) is 9.88 Å². The average Bonchev–Trinajstić information content (AvgIpc) is 3.43. The third kappa shape index (κ3) is 4.25. The van der Waals surface area contributed by atoms with Gasteiger partial charge in [0.05, 0.1) is 12.2 Å². The van der Waals surface area contributed by atoms with Crippen LogP contribution < -0.4 is 4.74 Å². The quantitative estimate of drug-likeness (QED) is 0.482. The number of fused-ring (bicyclic) bond motifs is 2. The van der Waals surface area contributed by atoms with E-state index in [1.807, 2.05) is 12.3 Å². The van der Waals surface area contributed by atoms with Crippen molar-refractivity contribution >= 4 is 16.9 Å². The van der Waals surface area contributed by atoms with Crippen LogP contribution >= 0.6 is 0 Å². The molecule has 0 spiro atoms. The summed E-state index contributed by atoms with van der Waals surface area (Å²) in [6.07, 6.45) is 7.32. The van der Waals surface area contributed by atoms with Gasteiger partial charge in [0.1, 0.15) is 12.0 Å². The summed E-state index contributed by atoms with van der Waals surface area (Å²) in [5, 5.41) is 21.0. The third-order valence-electron chi connectivity index (χ3n) is 7.02. The summed E-state index contributed by atoms with van der Waals surface area (Å²) >= 11 is 0. The van der Waals surface area contributed by atoms with Crippen molar-refractivity contribution in [3.63, 3.8) is 0 Å². The van der Waals surface area contributed by atoms with Gasteiger partial charge in [-0.05, 0) is 79.0 Å².